The number of hydroxylamine groups is 2. The number of carbonyl (C=O) groups is 1. The molecular weight excluding hydrogens is 376 g/mol. The predicted octanol–water partition coefficient (Wildman–Crippen LogP) is 3.75. The Bertz CT molecular complexity index is 904. The highest BCUT2D eigenvalue weighted by Crippen LogP contribution is 2.20. The molecule has 28 heavy (non-hydrogen) atoms. The van der Waals surface area contributed by atoms with E-state index in [1.165, 1.54) is 0 Å². The number of hydrogen-bond acceptors (Lipinski definition) is 5. The number of para-hydroxylation sites is 1. The number of nitrogens with zero attached hydrogens (tertiary/aromatic N) is 2. The number of pyridine rings is 1. The maximum Gasteiger partial charge on any atom is 0.233 e. The zero-order chi connectivity index (χ0) is 20.9. The largest absolute Gasteiger partial charge is 0.276 e. The highest BCUT2D eigenvalue weighted by atomic mass is 32.2. The molecule has 2 aromatic rings. The maximum atomic E-state index is 12.9. The topological polar surface area (TPSA) is 76.6 Å². The average Bonchev–Trinajstić information content (AvgIpc) is 2.57. The van der Waals surface area contributed by atoms with Crippen molar-refractivity contribution in [1.29, 1.82) is 0 Å². The summed E-state index contributed by atoms with van der Waals surface area (Å²) in [6, 6.07) is 8.89. The van der Waals surface area contributed by atoms with Crippen LogP contribution in [-0.2, 0) is 25.2 Å². The number of carbonyl (C=O) groups excluding carboxylic acids is 1. The third-order valence-corrected chi connectivity index (χ3v) is 5.73. The molecule has 154 valence electrons. The summed E-state index contributed by atoms with van der Waals surface area (Å²) < 4.78 is 25.8. The normalized spacial score (nSPS) is 13.6. The lowest BCUT2D eigenvalue weighted by molar-refractivity contribution is -0.231. The van der Waals surface area contributed by atoms with E-state index in [4.69, 9.17) is 4.84 Å². The fourth-order valence-electron chi connectivity index (χ4n) is 3.09. The second-order valence-electron chi connectivity index (χ2n) is 8.54. The van der Waals surface area contributed by atoms with E-state index in [0.29, 0.717) is 18.4 Å². The first-order valence-electron chi connectivity index (χ1n) is 9.46. The fourth-order valence-corrected chi connectivity index (χ4v) is 4.74. The summed E-state index contributed by atoms with van der Waals surface area (Å²) in [5.41, 5.74) is 0.866. The minimum Gasteiger partial charge on any atom is -0.276 e. The van der Waals surface area contributed by atoms with Crippen molar-refractivity contribution in [2.24, 2.45) is 5.92 Å². The van der Waals surface area contributed by atoms with E-state index < -0.39 is 21.5 Å². The van der Waals surface area contributed by atoms with Gasteiger partial charge in [-0.3, -0.25) is 14.6 Å². The number of hydrogen-bond donors (Lipinski definition) is 0. The average molecular weight is 407 g/mol. The molecule has 0 bridgehead atoms. The molecule has 0 saturated carbocycles. The van der Waals surface area contributed by atoms with E-state index in [1.54, 1.807) is 6.20 Å². The quantitative estimate of drug-likeness (QED) is 0.468. The lowest BCUT2D eigenvalue weighted by Crippen LogP contribution is -2.44. The van der Waals surface area contributed by atoms with Crippen molar-refractivity contribution < 1.29 is 18.0 Å². The Morgan fingerprint density at radius 3 is 2.50 bits per heavy atom. The summed E-state index contributed by atoms with van der Waals surface area (Å²) in [5, 5.41) is 2.07. The van der Waals surface area contributed by atoms with Crippen molar-refractivity contribution >= 4 is 27.2 Å². The van der Waals surface area contributed by atoms with E-state index in [9.17, 15) is 13.2 Å². The summed E-state index contributed by atoms with van der Waals surface area (Å²) in [6.07, 6.45) is 2.70. The molecule has 0 unspecified atom stereocenters. The number of fused-ring (bicyclic) bond motifs is 1. The van der Waals surface area contributed by atoms with Crippen molar-refractivity contribution in [2.45, 2.75) is 58.4 Å². The number of rotatable bonds is 9. The molecule has 1 aromatic heterocycles. The van der Waals surface area contributed by atoms with Gasteiger partial charge in [0.15, 0.2) is 9.84 Å². The smallest absolute Gasteiger partial charge is 0.233 e. The molecule has 0 radical (unpaired) electrons. The minimum atomic E-state index is -3.48. The molecule has 0 spiro atoms. The highest BCUT2D eigenvalue weighted by Gasteiger charge is 2.29. The Labute approximate surface area is 167 Å². The molecule has 1 amide bonds. The van der Waals surface area contributed by atoms with Crippen LogP contribution in [0, 0.1) is 5.92 Å². The van der Waals surface area contributed by atoms with Crippen LogP contribution < -0.4 is 0 Å². The van der Waals surface area contributed by atoms with Crippen molar-refractivity contribution in [3.8, 4) is 0 Å². The fraction of sp³-hybridized carbons (Fsp3) is 0.524. The third kappa shape index (κ3) is 6.87. The van der Waals surface area contributed by atoms with Crippen LogP contribution in [0.15, 0.2) is 36.5 Å². The molecule has 0 aliphatic heterocycles. The van der Waals surface area contributed by atoms with Crippen LogP contribution >= 0.6 is 0 Å². The number of aromatic nitrogens is 1. The van der Waals surface area contributed by atoms with Gasteiger partial charge >= 0.3 is 0 Å². The van der Waals surface area contributed by atoms with Crippen LogP contribution in [0.5, 0.6) is 0 Å². The summed E-state index contributed by atoms with van der Waals surface area (Å²) in [4.78, 5) is 21.6. The van der Waals surface area contributed by atoms with Crippen LogP contribution in [0.1, 0.15) is 46.6 Å². The number of benzene rings is 1. The molecule has 0 aliphatic carbocycles. The SMILES string of the molecule is CC(C)C[C@@H](CS(=O)(=O)Cc1cnc2ccccc2c1)N(C=O)OC(C)(C)C. The van der Waals surface area contributed by atoms with Gasteiger partial charge in [0.05, 0.1) is 28.7 Å². The van der Waals surface area contributed by atoms with Gasteiger partial charge in [-0.15, -0.1) is 0 Å². The molecule has 1 heterocycles. The summed E-state index contributed by atoms with van der Waals surface area (Å²) >= 11 is 0. The van der Waals surface area contributed by atoms with E-state index in [1.807, 2.05) is 65.0 Å². The van der Waals surface area contributed by atoms with Crippen LogP contribution in [0.25, 0.3) is 10.9 Å². The Balaban J connectivity index is 2.21. The van der Waals surface area contributed by atoms with Crippen LogP contribution in [-0.4, -0.2) is 42.3 Å². The Kier molecular flexibility index (Phi) is 7.17. The van der Waals surface area contributed by atoms with Gasteiger partial charge in [-0.05, 0) is 50.8 Å². The lowest BCUT2D eigenvalue weighted by Gasteiger charge is -2.33. The molecule has 0 N–H and O–H groups in total. The van der Waals surface area contributed by atoms with Gasteiger partial charge in [0.2, 0.25) is 6.41 Å². The van der Waals surface area contributed by atoms with Crippen LogP contribution in [0.2, 0.25) is 0 Å². The Hall–Kier alpha value is -1.99. The first-order valence-corrected chi connectivity index (χ1v) is 11.3. The highest BCUT2D eigenvalue weighted by molar-refractivity contribution is 7.90. The lowest BCUT2D eigenvalue weighted by atomic mass is 10.1. The van der Waals surface area contributed by atoms with Crippen molar-refractivity contribution in [2.75, 3.05) is 5.75 Å². The Morgan fingerprint density at radius 1 is 1.21 bits per heavy atom. The zero-order valence-corrected chi connectivity index (χ0v) is 18.1. The molecular formula is C21H30N2O4S. The van der Waals surface area contributed by atoms with Gasteiger partial charge in [0, 0.05) is 11.6 Å². The minimum absolute atomic E-state index is 0.123. The predicted molar refractivity (Wildman–Crippen MR) is 111 cm³/mol. The molecule has 0 saturated heterocycles. The monoisotopic (exact) mass is 406 g/mol. The number of sulfone groups is 1. The van der Waals surface area contributed by atoms with Crippen molar-refractivity contribution in [1.82, 2.24) is 10.0 Å². The van der Waals surface area contributed by atoms with Gasteiger partial charge in [-0.25, -0.2) is 13.5 Å². The van der Waals surface area contributed by atoms with Gasteiger partial charge in [-0.2, -0.15) is 0 Å². The molecule has 0 fully saturated rings. The first-order chi connectivity index (χ1) is 13.0. The molecule has 0 aliphatic rings. The Morgan fingerprint density at radius 2 is 1.89 bits per heavy atom. The second kappa shape index (κ2) is 9.01. The second-order valence-corrected chi connectivity index (χ2v) is 10.7. The zero-order valence-electron chi connectivity index (χ0n) is 17.3. The molecule has 6 nitrogen and oxygen atoms in total. The van der Waals surface area contributed by atoms with Crippen LogP contribution in [0.4, 0.5) is 0 Å². The molecule has 1 atom stereocenters. The standard InChI is InChI=1S/C21H30N2O4S/c1-16(2)10-19(23(15-24)27-21(3,4)5)14-28(25,26)13-17-11-18-8-6-7-9-20(18)22-12-17/h6-9,11-12,15-16,19H,10,13-14H2,1-5H3/t19-/m0/s1. The molecule has 1 aromatic carbocycles. The summed E-state index contributed by atoms with van der Waals surface area (Å²) in [6.45, 7) is 9.46. The number of amides is 1. The third-order valence-electron chi connectivity index (χ3n) is 4.07. The van der Waals surface area contributed by atoms with Gasteiger partial charge in [0.25, 0.3) is 0 Å². The summed E-state index contributed by atoms with van der Waals surface area (Å²) in [7, 11) is -3.48. The molecule has 7 heteroatoms. The van der Waals surface area contributed by atoms with Gasteiger partial charge in [-0.1, -0.05) is 32.0 Å². The van der Waals surface area contributed by atoms with Gasteiger partial charge < -0.3 is 0 Å². The van der Waals surface area contributed by atoms with E-state index in [0.717, 1.165) is 16.0 Å². The molecule has 2 rings (SSSR count). The van der Waals surface area contributed by atoms with E-state index in [2.05, 4.69) is 4.98 Å². The van der Waals surface area contributed by atoms with Crippen LogP contribution in [0.3, 0.4) is 0 Å². The summed E-state index contributed by atoms with van der Waals surface area (Å²) in [5.74, 6) is -0.0670. The van der Waals surface area contributed by atoms with Crippen molar-refractivity contribution in [3.05, 3.63) is 42.1 Å². The van der Waals surface area contributed by atoms with Gasteiger partial charge in [0.1, 0.15) is 0 Å². The first kappa shape index (κ1) is 22.3. The van der Waals surface area contributed by atoms with E-state index in [-0.39, 0.29) is 17.4 Å². The van der Waals surface area contributed by atoms with Crippen molar-refractivity contribution in [3.63, 3.8) is 0 Å². The maximum absolute atomic E-state index is 12.9. The van der Waals surface area contributed by atoms with E-state index >= 15 is 0 Å².